The number of hydrogen-bond donors (Lipinski definition) is 0. The summed E-state index contributed by atoms with van der Waals surface area (Å²) in [7, 11) is 0. The van der Waals surface area contributed by atoms with Crippen molar-refractivity contribution in [2.24, 2.45) is 11.3 Å². The van der Waals surface area contributed by atoms with Gasteiger partial charge in [0.15, 0.2) is 0 Å². The quantitative estimate of drug-likeness (QED) is 0.525. The fourth-order valence-electron chi connectivity index (χ4n) is 0.931. The van der Waals surface area contributed by atoms with E-state index in [1.807, 2.05) is 0 Å². The third kappa shape index (κ3) is 1.86. The van der Waals surface area contributed by atoms with E-state index in [4.69, 9.17) is 0 Å². The third-order valence-corrected chi connectivity index (χ3v) is 2.94. The SMILES string of the molecule is C=C(C)C(C)(C)C(C)CC. The summed E-state index contributed by atoms with van der Waals surface area (Å²) >= 11 is 0. The van der Waals surface area contributed by atoms with E-state index >= 15 is 0 Å². The van der Waals surface area contributed by atoms with Crippen LogP contribution in [0.15, 0.2) is 12.2 Å². The van der Waals surface area contributed by atoms with Crippen LogP contribution in [0.3, 0.4) is 0 Å². The second-order valence-electron chi connectivity index (χ2n) is 3.81. The molecule has 10 heavy (non-hydrogen) atoms. The van der Waals surface area contributed by atoms with Crippen LogP contribution in [0.5, 0.6) is 0 Å². The van der Waals surface area contributed by atoms with E-state index in [0.29, 0.717) is 5.41 Å². The molecule has 0 saturated heterocycles. The van der Waals surface area contributed by atoms with Crippen molar-refractivity contribution < 1.29 is 0 Å². The lowest BCUT2D eigenvalue weighted by molar-refractivity contribution is 0.279. The molecule has 0 fully saturated rings. The van der Waals surface area contributed by atoms with Gasteiger partial charge in [0, 0.05) is 0 Å². The Labute approximate surface area is 65.3 Å². The number of rotatable bonds is 3. The lowest BCUT2D eigenvalue weighted by Gasteiger charge is -2.31. The van der Waals surface area contributed by atoms with Crippen molar-refractivity contribution in [1.29, 1.82) is 0 Å². The van der Waals surface area contributed by atoms with Crippen LogP contribution in [-0.4, -0.2) is 0 Å². The van der Waals surface area contributed by atoms with Gasteiger partial charge in [-0.25, -0.2) is 0 Å². The highest BCUT2D eigenvalue weighted by Crippen LogP contribution is 2.34. The minimum absolute atomic E-state index is 0.314. The zero-order chi connectivity index (χ0) is 8.36. The Morgan fingerprint density at radius 3 is 2.00 bits per heavy atom. The molecule has 0 aliphatic heterocycles. The van der Waals surface area contributed by atoms with Gasteiger partial charge >= 0.3 is 0 Å². The summed E-state index contributed by atoms with van der Waals surface area (Å²) in [5, 5.41) is 0. The maximum atomic E-state index is 4.00. The average Bonchev–Trinajstić information content (AvgIpc) is 1.86. The van der Waals surface area contributed by atoms with Crippen molar-refractivity contribution in [2.45, 2.75) is 41.0 Å². The maximum Gasteiger partial charge on any atom is -0.0125 e. The molecule has 0 aliphatic carbocycles. The van der Waals surface area contributed by atoms with Gasteiger partial charge in [-0.15, -0.1) is 0 Å². The Morgan fingerprint density at radius 1 is 1.50 bits per heavy atom. The van der Waals surface area contributed by atoms with E-state index in [1.54, 1.807) is 0 Å². The van der Waals surface area contributed by atoms with Crippen molar-refractivity contribution in [2.75, 3.05) is 0 Å². The predicted octanol–water partition coefficient (Wildman–Crippen LogP) is 3.63. The molecule has 0 aromatic heterocycles. The minimum Gasteiger partial charge on any atom is -0.0996 e. The molecular weight excluding hydrogens is 120 g/mol. The Balaban J connectivity index is 4.23. The molecule has 1 atom stereocenters. The Bertz CT molecular complexity index is 120. The van der Waals surface area contributed by atoms with E-state index < -0.39 is 0 Å². The van der Waals surface area contributed by atoms with Crippen LogP contribution in [0.4, 0.5) is 0 Å². The van der Waals surface area contributed by atoms with Gasteiger partial charge in [-0.3, -0.25) is 0 Å². The monoisotopic (exact) mass is 140 g/mol. The average molecular weight is 140 g/mol. The fraction of sp³-hybridized carbons (Fsp3) is 0.800. The first-order valence-electron chi connectivity index (χ1n) is 4.08. The van der Waals surface area contributed by atoms with Gasteiger partial charge in [0.2, 0.25) is 0 Å². The summed E-state index contributed by atoms with van der Waals surface area (Å²) in [5.41, 5.74) is 1.61. The molecule has 0 saturated carbocycles. The lowest BCUT2D eigenvalue weighted by Crippen LogP contribution is -2.21. The van der Waals surface area contributed by atoms with Gasteiger partial charge in [0.1, 0.15) is 0 Å². The molecule has 0 radical (unpaired) electrons. The second-order valence-corrected chi connectivity index (χ2v) is 3.81. The maximum absolute atomic E-state index is 4.00. The standard InChI is InChI=1S/C10H20/c1-7-9(4)10(5,6)8(2)3/h9H,2,7H2,1,3-6H3. The van der Waals surface area contributed by atoms with Crippen LogP contribution in [0.1, 0.15) is 41.0 Å². The third-order valence-electron chi connectivity index (χ3n) is 2.94. The molecule has 0 aliphatic rings. The van der Waals surface area contributed by atoms with Crippen LogP contribution in [0, 0.1) is 11.3 Å². The van der Waals surface area contributed by atoms with E-state index in [1.165, 1.54) is 12.0 Å². The number of allylic oxidation sites excluding steroid dienone is 1. The van der Waals surface area contributed by atoms with E-state index in [-0.39, 0.29) is 0 Å². The smallest absolute Gasteiger partial charge is 0.0125 e. The summed E-state index contributed by atoms with van der Waals surface area (Å²) in [4.78, 5) is 0. The highest BCUT2D eigenvalue weighted by molar-refractivity contribution is 5.04. The highest BCUT2D eigenvalue weighted by atomic mass is 14.3. The summed E-state index contributed by atoms with van der Waals surface area (Å²) in [5.74, 6) is 0.741. The molecule has 0 nitrogen and oxygen atoms in total. The summed E-state index contributed by atoms with van der Waals surface area (Å²) in [6.07, 6.45) is 1.24. The highest BCUT2D eigenvalue weighted by Gasteiger charge is 2.24. The molecule has 0 heterocycles. The Kier molecular flexibility index (Phi) is 3.14. The van der Waals surface area contributed by atoms with Gasteiger partial charge in [-0.2, -0.15) is 0 Å². The van der Waals surface area contributed by atoms with Crippen molar-refractivity contribution in [3.63, 3.8) is 0 Å². The largest absolute Gasteiger partial charge is 0.0996 e. The molecule has 0 amide bonds. The number of hydrogen-bond acceptors (Lipinski definition) is 0. The van der Waals surface area contributed by atoms with Gasteiger partial charge < -0.3 is 0 Å². The van der Waals surface area contributed by atoms with Crippen molar-refractivity contribution >= 4 is 0 Å². The molecular formula is C10H20. The minimum atomic E-state index is 0.314. The van der Waals surface area contributed by atoms with Crippen molar-refractivity contribution in [1.82, 2.24) is 0 Å². The molecule has 0 N–H and O–H groups in total. The van der Waals surface area contributed by atoms with E-state index in [9.17, 15) is 0 Å². The summed E-state index contributed by atoms with van der Waals surface area (Å²) in [6, 6.07) is 0. The lowest BCUT2D eigenvalue weighted by atomic mass is 9.74. The first-order valence-corrected chi connectivity index (χ1v) is 4.08. The summed E-state index contributed by atoms with van der Waals surface area (Å²) < 4.78 is 0. The Morgan fingerprint density at radius 2 is 1.90 bits per heavy atom. The van der Waals surface area contributed by atoms with E-state index in [2.05, 4.69) is 41.2 Å². The molecule has 0 spiro atoms. The van der Waals surface area contributed by atoms with Crippen molar-refractivity contribution in [3.8, 4) is 0 Å². The molecule has 1 unspecified atom stereocenters. The molecule has 0 aromatic carbocycles. The Hall–Kier alpha value is -0.260. The zero-order valence-electron chi connectivity index (χ0n) is 7.99. The topological polar surface area (TPSA) is 0 Å². The van der Waals surface area contributed by atoms with Crippen LogP contribution >= 0.6 is 0 Å². The van der Waals surface area contributed by atoms with Crippen molar-refractivity contribution in [3.05, 3.63) is 12.2 Å². The molecule has 0 rings (SSSR count). The first-order chi connectivity index (χ1) is 4.42. The summed E-state index contributed by atoms with van der Waals surface area (Å²) in [6.45, 7) is 15.2. The van der Waals surface area contributed by atoms with Crippen LogP contribution in [0.25, 0.3) is 0 Å². The molecule has 0 bridgehead atoms. The molecule has 0 heteroatoms. The van der Waals surface area contributed by atoms with Gasteiger partial charge in [-0.1, -0.05) is 46.3 Å². The van der Waals surface area contributed by atoms with Crippen LogP contribution in [-0.2, 0) is 0 Å². The van der Waals surface area contributed by atoms with E-state index in [0.717, 1.165) is 5.92 Å². The van der Waals surface area contributed by atoms with Crippen LogP contribution in [0.2, 0.25) is 0 Å². The zero-order valence-corrected chi connectivity index (χ0v) is 7.99. The van der Waals surface area contributed by atoms with Gasteiger partial charge in [0.05, 0.1) is 0 Å². The first kappa shape index (κ1) is 9.74. The normalized spacial score (nSPS) is 14.9. The van der Waals surface area contributed by atoms with Gasteiger partial charge in [-0.05, 0) is 18.3 Å². The fourth-order valence-corrected chi connectivity index (χ4v) is 0.931. The molecule has 60 valence electrons. The van der Waals surface area contributed by atoms with Gasteiger partial charge in [0.25, 0.3) is 0 Å². The predicted molar refractivity (Wildman–Crippen MR) is 48.1 cm³/mol. The van der Waals surface area contributed by atoms with Crippen LogP contribution < -0.4 is 0 Å². The second kappa shape index (κ2) is 3.23. The molecule has 0 aromatic rings.